The molecule has 0 saturated carbocycles. The number of esters is 1. The van der Waals surface area contributed by atoms with Gasteiger partial charge in [-0.05, 0) is 41.8 Å². The Morgan fingerprint density at radius 2 is 1.52 bits per heavy atom. The lowest BCUT2D eigenvalue weighted by Gasteiger charge is -2.26. The topological polar surface area (TPSA) is 80.8 Å². The van der Waals surface area contributed by atoms with Crippen molar-refractivity contribution in [1.82, 2.24) is 4.90 Å². The standard InChI is InChI=1S/C24H16ClNO5/c25-17-11-9-15(10-12-17)20(27)14-31-21(28)8-3-13-26-23(29)18-6-1-4-16-5-2-7-19(22(16)18)24(26)30/h1-12H,13-14H2. The summed E-state index contributed by atoms with van der Waals surface area (Å²) in [7, 11) is 0. The van der Waals surface area contributed by atoms with Crippen molar-refractivity contribution in [2.24, 2.45) is 0 Å². The van der Waals surface area contributed by atoms with Crippen LogP contribution in [-0.4, -0.2) is 41.6 Å². The maximum Gasteiger partial charge on any atom is 0.330 e. The highest BCUT2D eigenvalue weighted by molar-refractivity contribution is 6.30. The molecule has 1 aliphatic rings. The summed E-state index contributed by atoms with van der Waals surface area (Å²) in [5.41, 5.74) is 1.26. The van der Waals surface area contributed by atoms with Crippen molar-refractivity contribution < 1.29 is 23.9 Å². The van der Waals surface area contributed by atoms with E-state index in [4.69, 9.17) is 16.3 Å². The van der Waals surface area contributed by atoms with Gasteiger partial charge in [-0.25, -0.2) is 4.79 Å². The lowest BCUT2D eigenvalue weighted by atomic mass is 9.94. The maximum atomic E-state index is 12.8. The quantitative estimate of drug-likeness (QED) is 0.253. The van der Waals surface area contributed by atoms with Gasteiger partial charge in [0, 0.05) is 39.7 Å². The fourth-order valence-corrected chi connectivity index (χ4v) is 3.53. The molecule has 7 heteroatoms. The van der Waals surface area contributed by atoms with E-state index < -0.39 is 24.4 Å². The number of hydrogen-bond donors (Lipinski definition) is 0. The fourth-order valence-electron chi connectivity index (χ4n) is 3.40. The van der Waals surface area contributed by atoms with Crippen LogP contribution in [0.15, 0.2) is 72.8 Å². The molecule has 1 heterocycles. The van der Waals surface area contributed by atoms with Crippen LogP contribution in [-0.2, 0) is 9.53 Å². The van der Waals surface area contributed by atoms with E-state index in [0.29, 0.717) is 27.1 Å². The molecule has 154 valence electrons. The Bertz CT molecular complexity index is 1200. The summed E-state index contributed by atoms with van der Waals surface area (Å²) >= 11 is 5.78. The van der Waals surface area contributed by atoms with Crippen LogP contribution >= 0.6 is 11.6 Å². The van der Waals surface area contributed by atoms with Crippen LogP contribution in [0.4, 0.5) is 0 Å². The van der Waals surface area contributed by atoms with E-state index in [1.54, 1.807) is 48.5 Å². The largest absolute Gasteiger partial charge is 0.454 e. The number of rotatable bonds is 6. The molecule has 0 spiro atoms. The van der Waals surface area contributed by atoms with E-state index >= 15 is 0 Å². The first-order valence-corrected chi connectivity index (χ1v) is 9.83. The van der Waals surface area contributed by atoms with Crippen LogP contribution < -0.4 is 0 Å². The summed E-state index contributed by atoms with van der Waals surface area (Å²) in [6.07, 6.45) is 2.45. The average Bonchev–Trinajstić information content (AvgIpc) is 2.78. The molecule has 1 aliphatic heterocycles. The molecule has 6 nitrogen and oxygen atoms in total. The van der Waals surface area contributed by atoms with Gasteiger partial charge in [0.05, 0.1) is 0 Å². The number of ketones is 1. The Balaban J connectivity index is 1.39. The Kier molecular flexibility index (Phi) is 5.64. The second-order valence-electron chi connectivity index (χ2n) is 6.87. The molecule has 0 aromatic heterocycles. The van der Waals surface area contributed by atoms with E-state index in [0.717, 1.165) is 16.4 Å². The highest BCUT2D eigenvalue weighted by Crippen LogP contribution is 2.29. The van der Waals surface area contributed by atoms with Crippen LogP contribution in [0.5, 0.6) is 0 Å². The Hall–Kier alpha value is -3.77. The second kappa shape index (κ2) is 8.53. The molecule has 0 radical (unpaired) electrons. The number of hydrogen-bond acceptors (Lipinski definition) is 5. The van der Waals surface area contributed by atoms with E-state index in [2.05, 4.69) is 0 Å². The number of nitrogens with zero attached hydrogens (tertiary/aromatic N) is 1. The molecule has 0 N–H and O–H groups in total. The van der Waals surface area contributed by atoms with Crippen molar-refractivity contribution in [2.45, 2.75) is 0 Å². The van der Waals surface area contributed by atoms with Crippen LogP contribution in [0, 0.1) is 0 Å². The molecular formula is C24H16ClNO5. The monoisotopic (exact) mass is 433 g/mol. The summed E-state index contributed by atoms with van der Waals surface area (Å²) in [5, 5.41) is 1.96. The van der Waals surface area contributed by atoms with Crippen molar-refractivity contribution >= 4 is 45.9 Å². The summed E-state index contributed by atoms with van der Waals surface area (Å²) in [4.78, 5) is 50.6. The smallest absolute Gasteiger partial charge is 0.330 e. The van der Waals surface area contributed by atoms with E-state index in [1.807, 2.05) is 12.1 Å². The lowest BCUT2D eigenvalue weighted by Crippen LogP contribution is -2.40. The Morgan fingerprint density at radius 1 is 0.903 bits per heavy atom. The zero-order valence-electron chi connectivity index (χ0n) is 16.2. The predicted molar refractivity (Wildman–Crippen MR) is 115 cm³/mol. The van der Waals surface area contributed by atoms with Gasteiger partial charge in [-0.3, -0.25) is 19.3 Å². The number of ether oxygens (including phenoxy) is 1. The number of amides is 2. The van der Waals surface area contributed by atoms with Gasteiger partial charge in [0.15, 0.2) is 12.4 Å². The molecule has 0 bridgehead atoms. The third-order valence-electron chi connectivity index (χ3n) is 4.91. The minimum absolute atomic E-state index is 0.0946. The Labute approximate surface area is 182 Å². The molecular weight excluding hydrogens is 418 g/mol. The molecule has 2 amide bonds. The molecule has 31 heavy (non-hydrogen) atoms. The minimum atomic E-state index is -0.748. The van der Waals surface area contributed by atoms with Gasteiger partial charge in [0.1, 0.15) is 0 Å². The Morgan fingerprint density at radius 3 is 2.13 bits per heavy atom. The predicted octanol–water partition coefficient (Wildman–Crippen LogP) is 4.07. The highest BCUT2D eigenvalue weighted by atomic mass is 35.5. The van der Waals surface area contributed by atoms with Gasteiger partial charge in [-0.2, -0.15) is 0 Å². The minimum Gasteiger partial charge on any atom is -0.454 e. The summed E-state index contributed by atoms with van der Waals surface area (Å²) < 4.78 is 4.94. The lowest BCUT2D eigenvalue weighted by molar-refractivity contribution is -0.136. The maximum absolute atomic E-state index is 12.8. The van der Waals surface area contributed by atoms with Crippen LogP contribution in [0.2, 0.25) is 5.02 Å². The van der Waals surface area contributed by atoms with Crippen molar-refractivity contribution in [1.29, 1.82) is 0 Å². The van der Waals surface area contributed by atoms with Crippen LogP contribution in [0.3, 0.4) is 0 Å². The molecule has 0 unspecified atom stereocenters. The number of carbonyl (C=O) groups is 4. The van der Waals surface area contributed by atoms with Crippen molar-refractivity contribution in [3.8, 4) is 0 Å². The second-order valence-corrected chi connectivity index (χ2v) is 7.31. The van der Waals surface area contributed by atoms with Crippen molar-refractivity contribution in [3.05, 3.63) is 94.5 Å². The van der Waals surface area contributed by atoms with Gasteiger partial charge < -0.3 is 4.74 Å². The summed E-state index contributed by atoms with van der Waals surface area (Å²) in [5.74, 6) is -1.97. The van der Waals surface area contributed by atoms with Gasteiger partial charge >= 0.3 is 5.97 Å². The van der Waals surface area contributed by atoms with E-state index in [9.17, 15) is 19.2 Å². The molecule has 4 rings (SSSR count). The molecule has 0 saturated heterocycles. The van der Waals surface area contributed by atoms with Crippen molar-refractivity contribution in [2.75, 3.05) is 13.2 Å². The summed E-state index contributed by atoms with van der Waals surface area (Å²) in [6, 6.07) is 16.8. The zero-order valence-corrected chi connectivity index (χ0v) is 17.0. The van der Waals surface area contributed by atoms with E-state index in [1.165, 1.54) is 6.08 Å². The first-order chi connectivity index (χ1) is 15.0. The first kappa shape index (κ1) is 20.5. The zero-order chi connectivity index (χ0) is 22.0. The van der Waals surface area contributed by atoms with Crippen LogP contribution in [0.25, 0.3) is 10.8 Å². The first-order valence-electron chi connectivity index (χ1n) is 9.45. The third-order valence-corrected chi connectivity index (χ3v) is 5.16. The normalized spacial score (nSPS) is 13.1. The summed E-state index contributed by atoms with van der Waals surface area (Å²) in [6.45, 7) is -0.523. The van der Waals surface area contributed by atoms with Crippen molar-refractivity contribution in [3.63, 3.8) is 0 Å². The number of benzene rings is 3. The number of halogens is 1. The number of Topliss-reactive ketones (excluding diaryl/α,β-unsaturated/α-hetero) is 1. The van der Waals surface area contributed by atoms with Gasteiger partial charge in [-0.15, -0.1) is 0 Å². The molecule has 3 aromatic carbocycles. The molecule has 0 atom stereocenters. The molecule has 0 fully saturated rings. The third kappa shape index (κ3) is 4.11. The average molecular weight is 434 g/mol. The van der Waals surface area contributed by atoms with Crippen LogP contribution in [0.1, 0.15) is 31.1 Å². The molecule has 0 aliphatic carbocycles. The highest BCUT2D eigenvalue weighted by Gasteiger charge is 2.31. The number of imide groups is 1. The SMILES string of the molecule is O=C(C=CCN1C(=O)c2cccc3cccc(c23)C1=O)OCC(=O)c1ccc(Cl)cc1. The van der Waals surface area contributed by atoms with Gasteiger partial charge in [0.25, 0.3) is 11.8 Å². The van der Waals surface area contributed by atoms with Gasteiger partial charge in [-0.1, -0.05) is 41.9 Å². The number of carbonyl (C=O) groups excluding carboxylic acids is 4. The molecule has 3 aromatic rings. The van der Waals surface area contributed by atoms with E-state index in [-0.39, 0.29) is 12.3 Å². The van der Waals surface area contributed by atoms with Gasteiger partial charge in [0.2, 0.25) is 0 Å². The fraction of sp³-hybridized carbons (Fsp3) is 0.0833.